The highest BCUT2D eigenvalue weighted by molar-refractivity contribution is 6.08. The van der Waals surface area contributed by atoms with Gasteiger partial charge in [-0.05, 0) is 60.4 Å². The van der Waals surface area contributed by atoms with Crippen LogP contribution in [0.15, 0.2) is 60.7 Å². The first kappa shape index (κ1) is 20.9. The van der Waals surface area contributed by atoms with Crippen molar-refractivity contribution in [3.63, 3.8) is 0 Å². The Labute approximate surface area is 176 Å². The molecule has 0 radical (unpaired) electrons. The van der Waals surface area contributed by atoms with Gasteiger partial charge in [0.1, 0.15) is 0 Å². The minimum atomic E-state index is -0.716. The van der Waals surface area contributed by atoms with Gasteiger partial charge in [-0.2, -0.15) is 0 Å². The highest BCUT2D eigenvalue weighted by atomic mass is 16.2. The van der Waals surface area contributed by atoms with Gasteiger partial charge in [-0.1, -0.05) is 38.1 Å². The molecule has 0 fully saturated rings. The van der Waals surface area contributed by atoms with E-state index >= 15 is 0 Å². The van der Waals surface area contributed by atoms with E-state index < -0.39 is 11.8 Å². The first-order valence-corrected chi connectivity index (χ1v) is 9.90. The van der Waals surface area contributed by atoms with Crippen molar-refractivity contribution in [1.82, 2.24) is 0 Å². The van der Waals surface area contributed by atoms with Gasteiger partial charge in [-0.15, -0.1) is 0 Å². The molecule has 3 rings (SSSR count). The Morgan fingerprint density at radius 3 is 1.27 bits per heavy atom. The zero-order valence-corrected chi connectivity index (χ0v) is 17.2. The summed E-state index contributed by atoms with van der Waals surface area (Å²) in [6.07, 6.45) is 1.89. The molecule has 6 N–H and O–H groups in total. The molecule has 0 saturated carbocycles. The summed E-state index contributed by atoms with van der Waals surface area (Å²) in [5.41, 5.74) is 16.5. The molecule has 0 atom stereocenters. The van der Waals surface area contributed by atoms with Gasteiger partial charge in [-0.3, -0.25) is 9.59 Å². The minimum absolute atomic E-state index is 0.0714. The smallest absolute Gasteiger partial charge is 0.249 e. The van der Waals surface area contributed by atoms with Gasteiger partial charge >= 0.3 is 0 Å². The van der Waals surface area contributed by atoms with Crippen molar-refractivity contribution < 1.29 is 9.59 Å². The van der Waals surface area contributed by atoms with Crippen LogP contribution in [0.25, 0.3) is 0 Å². The first-order chi connectivity index (χ1) is 14.4. The predicted molar refractivity (Wildman–Crippen MR) is 122 cm³/mol. The third-order valence-corrected chi connectivity index (χ3v) is 4.97. The van der Waals surface area contributed by atoms with E-state index in [0.717, 1.165) is 24.2 Å². The number of hydrogen-bond donors (Lipinski definition) is 4. The summed E-state index contributed by atoms with van der Waals surface area (Å²) in [6, 6.07) is 19.1. The number of anilines is 4. The number of carbonyl (C=O) groups excluding carboxylic acids is 2. The largest absolute Gasteiger partial charge is 0.366 e. The fourth-order valence-electron chi connectivity index (χ4n) is 3.17. The molecule has 0 bridgehead atoms. The number of nitrogens with two attached hydrogens (primary N) is 2. The Morgan fingerprint density at radius 2 is 1.00 bits per heavy atom. The Morgan fingerprint density at radius 1 is 0.667 bits per heavy atom. The van der Waals surface area contributed by atoms with Crippen molar-refractivity contribution in [3.05, 3.63) is 82.9 Å². The number of hydrogen-bond acceptors (Lipinski definition) is 4. The maximum Gasteiger partial charge on any atom is 0.249 e. The maximum absolute atomic E-state index is 11.9. The summed E-state index contributed by atoms with van der Waals surface area (Å²) in [5.74, 6) is -1.43. The first-order valence-electron chi connectivity index (χ1n) is 9.90. The molecule has 0 aliphatic rings. The zero-order chi connectivity index (χ0) is 21.7. The highest BCUT2D eigenvalue weighted by Crippen LogP contribution is 2.32. The van der Waals surface area contributed by atoms with E-state index in [0.29, 0.717) is 11.4 Å². The number of benzene rings is 3. The number of rotatable bonds is 8. The molecule has 0 aromatic heterocycles. The third kappa shape index (κ3) is 4.78. The standard InChI is InChI=1S/C24H26N4O2/c1-3-15-5-9-17(10-6-15)27-21-13-19(23(25)29)20(24(26)30)14-22(21)28-18-11-7-16(4-2)8-12-18/h5-14,27-28H,3-4H2,1-2H3,(H2,25,29)(H2,26,30). The molecule has 0 unspecified atom stereocenters. The second kappa shape index (κ2) is 9.13. The number of aryl methyl sites for hydroxylation is 2. The van der Waals surface area contributed by atoms with Crippen LogP contribution in [0.1, 0.15) is 45.7 Å². The molecule has 6 nitrogen and oxygen atoms in total. The molecular weight excluding hydrogens is 376 g/mol. The lowest BCUT2D eigenvalue weighted by Gasteiger charge is -2.17. The number of carbonyl (C=O) groups is 2. The van der Waals surface area contributed by atoms with Crippen molar-refractivity contribution in [2.45, 2.75) is 26.7 Å². The van der Waals surface area contributed by atoms with Gasteiger partial charge < -0.3 is 22.1 Å². The van der Waals surface area contributed by atoms with E-state index in [1.807, 2.05) is 48.5 Å². The second-order valence-corrected chi connectivity index (χ2v) is 7.02. The third-order valence-electron chi connectivity index (χ3n) is 4.97. The van der Waals surface area contributed by atoms with Crippen molar-refractivity contribution in [2.24, 2.45) is 11.5 Å². The molecule has 154 valence electrons. The van der Waals surface area contributed by atoms with Gasteiger partial charge in [0.25, 0.3) is 0 Å². The van der Waals surface area contributed by atoms with E-state index in [-0.39, 0.29) is 11.1 Å². The van der Waals surface area contributed by atoms with Crippen LogP contribution in [0.2, 0.25) is 0 Å². The highest BCUT2D eigenvalue weighted by Gasteiger charge is 2.18. The van der Waals surface area contributed by atoms with Gasteiger partial charge in [0.05, 0.1) is 22.5 Å². The SMILES string of the molecule is CCc1ccc(Nc2cc(C(N)=O)c(C(N)=O)cc2Nc2ccc(CC)cc2)cc1. The maximum atomic E-state index is 11.9. The topological polar surface area (TPSA) is 110 Å². The molecule has 2 amide bonds. The molecule has 3 aromatic carbocycles. The van der Waals surface area contributed by atoms with Crippen LogP contribution < -0.4 is 22.1 Å². The number of primary amides is 2. The Balaban J connectivity index is 2.04. The van der Waals surface area contributed by atoms with Crippen LogP contribution >= 0.6 is 0 Å². The van der Waals surface area contributed by atoms with Crippen LogP contribution in [-0.2, 0) is 12.8 Å². The van der Waals surface area contributed by atoms with Crippen molar-refractivity contribution >= 4 is 34.6 Å². The van der Waals surface area contributed by atoms with Gasteiger partial charge in [-0.25, -0.2) is 0 Å². The van der Waals surface area contributed by atoms with E-state index in [1.165, 1.54) is 11.1 Å². The lowest BCUT2D eigenvalue weighted by molar-refractivity contribution is 0.0967. The fourth-order valence-corrected chi connectivity index (χ4v) is 3.17. The molecule has 0 saturated heterocycles. The Kier molecular flexibility index (Phi) is 6.37. The van der Waals surface area contributed by atoms with E-state index in [2.05, 4.69) is 24.5 Å². The quantitative estimate of drug-likeness (QED) is 0.445. The van der Waals surface area contributed by atoms with Gasteiger partial charge in [0, 0.05) is 11.4 Å². The van der Waals surface area contributed by atoms with Gasteiger partial charge in [0.2, 0.25) is 11.8 Å². The Bertz CT molecular complexity index is 971. The van der Waals surface area contributed by atoms with E-state index in [1.54, 1.807) is 12.1 Å². The van der Waals surface area contributed by atoms with E-state index in [4.69, 9.17) is 11.5 Å². The van der Waals surface area contributed by atoms with Crippen molar-refractivity contribution in [3.8, 4) is 0 Å². The molecule has 6 heteroatoms. The molecule has 30 heavy (non-hydrogen) atoms. The van der Waals surface area contributed by atoms with Crippen LogP contribution in [0.3, 0.4) is 0 Å². The summed E-state index contributed by atoms with van der Waals surface area (Å²) in [7, 11) is 0. The molecule has 3 aromatic rings. The number of nitrogens with one attached hydrogen (secondary N) is 2. The van der Waals surface area contributed by atoms with Crippen LogP contribution in [0.4, 0.5) is 22.7 Å². The number of amides is 2. The molecule has 0 aliphatic carbocycles. The molecule has 0 spiro atoms. The normalized spacial score (nSPS) is 10.5. The van der Waals surface area contributed by atoms with Crippen molar-refractivity contribution in [1.29, 1.82) is 0 Å². The van der Waals surface area contributed by atoms with Crippen LogP contribution in [-0.4, -0.2) is 11.8 Å². The summed E-state index contributed by atoms with van der Waals surface area (Å²) < 4.78 is 0. The average Bonchev–Trinajstić information content (AvgIpc) is 2.75. The van der Waals surface area contributed by atoms with Crippen molar-refractivity contribution in [2.75, 3.05) is 10.6 Å². The molecule has 0 heterocycles. The summed E-state index contributed by atoms with van der Waals surface area (Å²) in [5, 5.41) is 6.61. The summed E-state index contributed by atoms with van der Waals surface area (Å²) >= 11 is 0. The Hall–Kier alpha value is -3.80. The van der Waals surface area contributed by atoms with Crippen LogP contribution in [0.5, 0.6) is 0 Å². The zero-order valence-electron chi connectivity index (χ0n) is 17.2. The summed E-state index contributed by atoms with van der Waals surface area (Å²) in [6.45, 7) is 4.19. The average molecular weight is 402 g/mol. The van der Waals surface area contributed by atoms with Crippen LogP contribution in [0, 0.1) is 0 Å². The monoisotopic (exact) mass is 402 g/mol. The lowest BCUT2D eigenvalue weighted by atomic mass is 10.0. The minimum Gasteiger partial charge on any atom is -0.366 e. The second-order valence-electron chi connectivity index (χ2n) is 7.02. The van der Waals surface area contributed by atoms with Gasteiger partial charge in [0.15, 0.2) is 0 Å². The molecular formula is C24H26N4O2. The fraction of sp³-hybridized carbons (Fsp3) is 0.167. The van der Waals surface area contributed by atoms with E-state index in [9.17, 15) is 9.59 Å². The lowest BCUT2D eigenvalue weighted by Crippen LogP contribution is -2.21. The summed E-state index contributed by atoms with van der Waals surface area (Å²) in [4.78, 5) is 23.8. The molecule has 0 aliphatic heterocycles. The predicted octanol–water partition coefficient (Wildman–Crippen LogP) is 4.50.